The third-order valence-corrected chi connectivity index (χ3v) is 3.09. The molecule has 0 saturated heterocycles. The van der Waals surface area contributed by atoms with E-state index in [9.17, 15) is 4.79 Å². The van der Waals surface area contributed by atoms with Crippen LogP contribution in [-0.2, 0) is 6.42 Å². The van der Waals surface area contributed by atoms with E-state index >= 15 is 0 Å². The highest BCUT2D eigenvalue weighted by Crippen LogP contribution is 2.23. The zero-order valence-electron chi connectivity index (χ0n) is 11.6. The lowest BCUT2D eigenvalue weighted by atomic mass is 10.1. The first-order chi connectivity index (χ1) is 9.27. The van der Waals surface area contributed by atoms with Gasteiger partial charge in [-0.25, -0.2) is 0 Å². The highest BCUT2D eigenvalue weighted by molar-refractivity contribution is 5.77. The normalized spacial score (nSPS) is 10.8. The molecular formula is C16H20O3. The van der Waals surface area contributed by atoms with E-state index in [-0.39, 0.29) is 5.43 Å². The third-order valence-electron chi connectivity index (χ3n) is 3.09. The summed E-state index contributed by atoms with van der Waals surface area (Å²) in [5.74, 6) is 0.402. The lowest BCUT2D eigenvalue weighted by Gasteiger charge is -2.10. The highest BCUT2D eigenvalue weighted by Gasteiger charge is 2.14. The predicted molar refractivity (Wildman–Crippen MR) is 76.9 cm³/mol. The molecule has 0 aliphatic heterocycles. The van der Waals surface area contributed by atoms with Crippen LogP contribution in [0.4, 0.5) is 0 Å². The van der Waals surface area contributed by atoms with Crippen molar-refractivity contribution in [3.05, 3.63) is 40.1 Å². The van der Waals surface area contributed by atoms with Gasteiger partial charge in [0.1, 0.15) is 5.58 Å². The minimum Gasteiger partial charge on any atom is -0.465 e. The SMILES string of the molecule is CCCCOc1oc2ccccc2c(=O)c1CCC. The Hall–Kier alpha value is -1.77. The van der Waals surface area contributed by atoms with E-state index in [1.165, 1.54) is 0 Å². The van der Waals surface area contributed by atoms with E-state index in [1.54, 1.807) is 12.1 Å². The summed E-state index contributed by atoms with van der Waals surface area (Å²) in [4.78, 5) is 12.4. The maximum absolute atomic E-state index is 12.4. The number of para-hydroxylation sites is 1. The predicted octanol–water partition coefficient (Wildman–Crippen LogP) is 3.92. The summed E-state index contributed by atoms with van der Waals surface area (Å²) >= 11 is 0. The van der Waals surface area contributed by atoms with Crippen LogP contribution in [-0.4, -0.2) is 6.61 Å². The first-order valence-electron chi connectivity index (χ1n) is 6.95. The molecule has 0 aliphatic carbocycles. The van der Waals surface area contributed by atoms with E-state index in [1.807, 2.05) is 19.1 Å². The molecule has 0 atom stereocenters. The van der Waals surface area contributed by atoms with E-state index in [0.717, 1.165) is 19.3 Å². The smallest absolute Gasteiger partial charge is 0.292 e. The van der Waals surface area contributed by atoms with E-state index in [2.05, 4.69) is 6.92 Å². The molecule has 0 amide bonds. The Labute approximate surface area is 113 Å². The molecule has 1 heterocycles. The number of unbranched alkanes of at least 4 members (excludes halogenated alkanes) is 1. The first-order valence-corrected chi connectivity index (χ1v) is 6.95. The summed E-state index contributed by atoms with van der Waals surface area (Å²) in [7, 11) is 0. The monoisotopic (exact) mass is 260 g/mol. The number of ether oxygens (including phenoxy) is 1. The molecule has 0 aliphatic rings. The van der Waals surface area contributed by atoms with Crippen molar-refractivity contribution in [3.63, 3.8) is 0 Å². The molecule has 0 bridgehead atoms. The Balaban J connectivity index is 2.47. The Morgan fingerprint density at radius 1 is 1.16 bits per heavy atom. The molecule has 19 heavy (non-hydrogen) atoms. The fourth-order valence-corrected chi connectivity index (χ4v) is 2.05. The topological polar surface area (TPSA) is 39.4 Å². The minimum atomic E-state index is 0.0372. The molecule has 3 heteroatoms. The van der Waals surface area contributed by atoms with Gasteiger partial charge in [0.25, 0.3) is 5.95 Å². The van der Waals surface area contributed by atoms with E-state index in [4.69, 9.17) is 9.15 Å². The Kier molecular flexibility index (Phi) is 4.61. The average molecular weight is 260 g/mol. The number of benzene rings is 1. The quantitative estimate of drug-likeness (QED) is 0.739. The summed E-state index contributed by atoms with van der Waals surface area (Å²) in [6, 6.07) is 7.32. The van der Waals surface area contributed by atoms with E-state index in [0.29, 0.717) is 35.5 Å². The zero-order valence-corrected chi connectivity index (χ0v) is 11.6. The fraction of sp³-hybridized carbons (Fsp3) is 0.438. The second-order valence-electron chi connectivity index (χ2n) is 4.65. The lowest BCUT2D eigenvalue weighted by Crippen LogP contribution is -2.12. The lowest BCUT2D eigenvalue weighted by molar-refractivity contribution is 0.237. The van der Waals surface area contributed by atoms with Gasteiger partial charge in [0.15, 0.2) is 5.43 Å². The van der Waals surface area contributed by atoms with Crippen molar-refractivity contribution in [1.82, 2.24) is 0 Å². The highest BCUT2D eigenvalue weighted by atomic mass is 16.6. The van der Waals surface area contributed by atoms with Gasteiger partial charge in [0.05, 0.1) is 17.6 Å². The second-order valence-corrected chi connectivity index (χ2v) is 4.65. The van der Waals surface area contributed by atoms with Crippen LogP contribution in [0.1, 0.15) is 38.7 Å². The van der Waals surface area contributed by atoms with Crippen LogP contribution in [0.25, 0.3) is 11.0 Å². The zero-order chi connectivity index (χ0) is 13.7. The number of hydrogen-bond acceptors (Lipinski definition) is 3. The molecular weight excluding hydrogens is 240 g/mol. The van der Waals surface area contributed by atoms with Crippen LogP contribution < -0.4 is 10.2 Å². The van der Waals surface area contributed by atoms with Crippen molar-refractivity contribution in [2.45, 2.75) is 39.5 Å². The summed E-state index contributed by atoms with van der Waals surface area (Å²) in [5, 5.41) is 0.633. The van der Waals surface area contributed by atoms with Gasteiger partial charge < -0.3 is 9.15 Å². The van der Waals surface area contributed by atoms with Crippen molar-refractivity contribution >= 4 is 11.0 Å². The average Bonchev–Trinajstić information content (AvgIpc) is 2.43. The molecule has 0 unspecified atom stereocenters. The van der Waals surface area contributed by atoms with Gasteiger partial charge in [-0.05, 0) is 25.0 Å². The molecule has 0 saturated carbocycles. The Bertz CT molecular complexity index is 598. The maximum atomic E-state index is 12.4. The van der Waals surface area contributed by atoms with Crippen LogP contribution in [0, 0.1) is 0 Å². The van der Waals surface area contributed by atoms with Gasteiger partial charge in [0.2, 0.25) is 0 Å². The molecule has 102 valence electrons. The van der Waals surface area contributed by atoms with Crippen molar-refractivity contribution in [3.8, 4) is 5.95 Å². The summed E-state index contributed by atoms with van der Waals surface area (Å²) in [5.41, 5.74) is 1.30. The van der Waals surface area contributed by atoms with Crippen molar-refractivity contribution < 1.29 is 9.15 Å². The molecule has 1 aromatic heterocycles. The van der Waals surface area contributed by atoms with Gasteiger partial charge in [-0.15, -0.1) is 0 Å². The fourth-order valence-electron chi connectivity index (χ4n) is 2.05. The molecule has 0 fully saturated rings. The van der Waals surface area contributed by atoms with Gasteiger partial charge in [-0.2, -0.15) is 0 Å². The molecule has 0 N–H and O–H groups in total. The standard InChI is InChI=1S/C16H20O3/c1-3-5-11-18-16-13(8-4-2)15(17)12-9-6-7-10-14(12)19-16/h6-7,9-10H,3-5,8,11H2,1-2H3. The van der Waals surface area contributed by atoms with Gasteiger partial charge in [0, 0.05) is 0 Å². The summed E-state index contributed by atoms with van der Waals surface area (Å²) in [6.45, 7) is 4.74. The van der Waals surface area contributed by atoms with Crippen molar-refractivity contribution in [1.29, 1.82) is 0 Å². The van der Waals surface area contributed by atoms with Crippen molar-refractivity contribution in [2.75, 3.05) is 6.61 Å². The Morgan fingerprint density at radius 2 is 1.95 bits per heavy atom. The molecule has 1 aromatic carbocycles. The summed E-state index contributed by atoms with van der Waals surface area (Å²) < 4.78 is 11.4. The Morgan fingerprint density at radius 3 is 2.68 bits per heavy atom. The maximum Gasteiger partial charge on any atom is 0.292 e. The molecule has 0 radical (unpaired) electrons. The van der Waals surface area contributed by atoms with Crippen LogP contribution in [0.3, 0.4) is 0 Å². The van der Waals surface area contributed by atoms with Gasteiger partial charge >= 0.3 is 0 Å². The minimum absolute atomic E-state index is 0.0372. The number of rotatable bonds is 6. The van der Waals surface area contributed by atoms with Gasteiger partial charge in [-0.3, -0.25) is 4.79 Å². The molecule has 2 aromatic rings. The largest absolute Gasteiger partial charge is 0.465 e. The van der Waals surface area contributed by atoms with Crippen LogP contribution in [0.5, 0.6) is 5.95 Å². The number of fused-ring (bicyclic) bond motifs is 1. The van der Waals surface area contributed by atoms with Crippen LogP contribution in [0.15, 0.2) is 33.5 Å². The molecule has 3 nitrogen and oxygen atoms in total. The molecule has 0 spiro atoms. The van der Waals surface area contributed by atoms with Crippen LogP contribution >= 0.6 is 0 Å². The van der Waals surface area contributed by atoms with Crippen LogP contribution in [0.2, 0.25) is 0 Å². The number of hydrogen-bond donors (Lipinski definition) is 0. The second kappa shape index (κ2) is 6.41. The first kappa shape index (κ1) is 13.7. The van der Waals surface area contributed by atoms with E-state index < -0.39 is 0 Å². The summed E-state index contributed by atoms with van der Waals surface area (Å²) in [6.07, 6.45) is 3.60. The van der Waals surface area contributed by atoms with Crippen molar-refractivity contribution in [2.24, 2.45) is 0 Å². The molecule has 2 rings (SSSR count). The third kappa shape index (κ3) is 2.98. The van der Waals surface area contributed by atoms with Gasteiger partial charge in [-0.1, -0.05) is 38.8 Å².